The zero-order valence-corrected chi connectivity index (χ0v) is 19.9. The molecule has 2 aromatic carbocycles. The molecule has 1 N–H and O–H groups in total. The lowest BCUT2D eigenvalue weighted by Gasteiger charge is -2.32. The average Bonchev–Trinajstić information content (AvgIpc) is 3.12. The Kier molecular flexibility index (Phi) is 5.77. The van der Waals surface area contributed by atoms with Crippen LogP contribution in [0.1, 0.15) is 42.3 Å². The van der Waals surface area contributed by atoms with Crippen molar-refractivity contribution in [3.05, 3.63) is 70.9 Å². The first kappa shape index (κ1) is 22.1. The van der Waals surface area contributed by atoms with Crippen molar-refractivity contribution in [2.75, 3.05) is 23.4 Å². The van der Waals surface area contributed by atoms with E-state index in [0.29, 0.717) is 13.2 Å². The van der Waals surface area contributed by atoms with Gasteiger partial charge in [-0.25, -0.2) is 4.98 Å². The molecule has 0 saturated heterocycles. The summed E-state index contributed by atoms with van der Waals surface area (Å²) in [7, 11) is 0. The van der Waals surface area contributed by atoms with Crippen LogP contribution in [0.25, 0.3) is 0 Å². The number of hydrogen-bond acceptors (Lipinski definition) is 7. The summed E-state index contributed by atoms with van der Waals surface area (Å²) in [6.07, 6.45) is -0.573. The van der Waals surface area contributed by atoms with Gasteiger partial charge in [0.15, 0.2) is 17.7 Å². The first-order valence-corrected chi connectivity index (χ1v) is 11.6. The topological polar surface area (TPSA) is 72.9 Å². The molecule has 0 amide bonds. The number of nitrogens with one attached hydrogen (secondary N) is 1. The minimum atomic E-state index is -0.367. The molecule has 0 fully saturated rings. The number of aryl methyl sites for hydroxylation is 1. The second-order valence-electron chi connectivity index (χ2n) is 8.79. The van der Waals surface area contributed by atoms with Crippen LogP contribution in [-0.2, 0) is 16.1 Å². The lowest BCUT2D eigenvalue weighted by atomic mass is 10.0. The standard InChI is InChI=1S/C27H29N3O4/c1-16-8-11-24-27(29-16)30(12-13-32-24)23-7-5-6-20(17(23)2)15-28-21-9-10-22-25(14-21)33-18(3)26(22)34-19(4)31/h5-11,14,18,26,28H,12-13,15H2,1-4H3/t18?,26-/m1/s1. The Morgan fingerprint density at radius 3 is 2.85 bits per heavy atom. The first-order valence-electron chi connectivity index (χ1n) is 11.6. The van der Waals surface area contributed by atoms with E-state index in [1.807, 2.05) is 44.2 Å². The highest BCUT2D eigenvalue weighted by Crippen LogP contribution is 2.41. The van der Waals surface area contributed by atoms with Gasteiger partial charge in [0, 0.05) is 42.2 Å². The third-order valence-electron chi connectivity index (χ3n) is 6.35. The SMILES string of the molecule is CC(=O)O[C@H]1c2ccc(NCc3cccc(N4CCOc5ccc(C)nc54)c3C)cc2OC1C. The smallest absolute Gasteiger partial charge is 0.303 e. The molecule has 3 aromatic rings. The maximum absolute atomic E-state index is 11.4. The number of fused-ring (bicyclic) bond motifs is 2. The number of carbonyl (C=O) groups excluding carboxylic acids is 1. The number of aromatic nitrogens is 1. The molecule has 176 valence electrons. The van der Waals surface area contributed by atoms with Crippen molar-refractivity contribution in [3.8, 4) is 11.5 Å². The van der Waals surface area contributed by atoms with Crippen LogP contribution in [0.4, 0.5) is 17.2 Å². The van der Waals surface area contributed by atoms with Crippen LogP contribution in [0.5, 0.6) is 11.5 Å². The predicted octanol–water partition coefficient (Wildman–Crippen LogP) is 5.23. The van der Waals surface area contributed by atoms with Gasteiger partial charge in [-0.3, -0.25) is 4.79 Å². The van der Waals surface area contributed by atoms with Gasteiger partial charge in [0.1, 0.15) is 18.5 Å². The number of rotatable bonds is 5. The second-order valence-corrected chi connectivity index (χ2v) is 8.79. The maximum Gasteiger partial charge on any atom is 0.303 e. The molecule has 1 aromatic heterocycles. The van der Waals surface area contributed by atoms with Crippen molar-refractivity contribution >= 4 is 23.2 Å². The van der Waals surface area contributed by atoms with Gasteiger partial charge in [0.2, 0.25) is 0 Å². The molecule has 1 unspecified atom stereocenters. The van der Waals surface area contributed by atoms with Gasteiger partial charge >= 0.3 is 5.97 Å². The molecule has 3 heterocycles. The summed E-state index contributed by atoms with van der Waals surface area (Å²) >= 11 is 0. The highest BCUT2D eigenvalue weighted by molar-refractivity contribution is 5.70. The average molecular weight is 460 g/mol. The number of esters is 1. The normalized spacial score (nSPS) is 18.4. The van der Waals surface area contributed by atoms with E-state index in [4.69, 9.17) is 19.2 Å². The van der Waals surface area contributed by atoms with Gasteiger partial charge in [0.25, 0.3) is 0 Å². The fourth-order valence-electron chi connectivity index (χ4n) is 4.61. The molecule has 0 radical (unpaired) electrons. The predicted molar refractivity (Wildman–Crippen MR) is 131 cm³/mol. The number of pyridine rings is 1. The van der Waals surface area contributed by atoms with Crippen LogP contribution >= 0.6 is 0 Å². The highest BCUT2D eigenvalue weighted by Gasteiger charge is 2.34. The van der Waals surface area contributed by atoms with Crippen LogP contribution < -0.4 is 19.7 Å². The van der Waals surface area contributed by atoms with Crippen molar-refractivity contribution in [3.63, 3.8) is 0 Å². The molecule has 0 bridgehead atoms. The molecule has 2 atom stereocenters. The number of benzene rings is 2. The van der Waals surface area contributed by atoms with E-state index in [1.54, 1.807) is 0 Å². The minimum Gasteiger partial charge on any atom is -0.488 e. The van der Waals surface area contributed by atoms with E-state index < -0.39 is 0 Å². The maximum atomic E-state index is 11.4. The van der Waals surface area contributed by atoms with Crippen LogP contribution in [-0.4, -0.2) is 30.2 Å². The van der Waals surface area contributed by atoms with Gasteiger partial charge in [0.05, 0.1) is 6.54 Å². The van der Waals surface area contributed by atoms with Crippen molar-refractivity contribution in [1.82, 2.24) is 4.98 Å². The van der Waals surface area contributed by atoms with E-state index in [1.165, 1.54) is 18.1 Å². The molecular weight excluding hydrogens is 430 g/mol. The minimum absolute atomic E-state index is 0.207. The number of hydrogen-bond donors (Lipinski definition) is 1. The number of anilines is 3. The van der Waals surface area contributed by atoms with Gasteiger partial charge in [-0.05, 0) is 62.2 Å². The Morgan fingerprint density at radius 1 is 1.18 bits per heavy atom. The molecule has 0 saturated carbocycles. The molecule has 7 nitrogen and oxygen atoms in total. The molecule has 2 aliphatic heterocycles. The summed E-state index contributed by atoms with van der Waals surface area (Å²) in [6, 6.07) is 16.3. The Labute approximate surface area is 199 Å². The summed E-state index contributed by atoms with van der Waals surface area (Å²) in [5.41, 5.74) is 6.36. The fraction of sp³-hybridized carbons (Fsp3) is 0.333. The van der Waals surface area contributed by atoms with Crippen molar-refractivity contribution in [1.29, 1.82) is 0 Å². The Bertz CT molecular complexity index is 1240. The van der Waals surface area contributed by atoms with Gasteiger partial charge in [-0.1, -0.05) is 12.1 Å². The van der Waals surface area contributed by atoms with Crippen LogP contribution in [0.2, 0.25) is 0 Å². The third-order valence-corrected chi connectivity index (χ3v) is 6.35. The van der Waals surface area contributed by atoms with Crippen molar-refractivity contribution < 1.29 is 19.0 Å². The van der Waals surface area contributed by atoms with Gasteiger partial charge in [-0.15, -0.1) is 0 Å². The first-order chi connectivity index (χ1) is 16.4. The Hall–Kier alpha value is -3.74. The second kappa shape index (κ2) is 8.89. The Morgan fingerprint density at radius 2 is 2.03 bits per heavy atom. The van der Waals surface area contributed by atoms with E-state index in [9.17, 15) is 4.79 Å². The molecule has 2 aliphatic rings. The number of nitrogens with zero attached hydrogens (tertiary/aromatic N) is 2. The molecule has 0 aliphatic carbocycles. The van der Waals surface area contributed by atoms with E-state index >= 15 is 0 Å². The van der Waals surface area contributed by atoms with Gasteiger partial charge < -0.3 is 24.4 Å². The van der Waals surface area contributed by atoms with Crippen LogP contribution in [0, 0.1) is 13.8 Å². The van der Waals surface area contributed by atoms with Gasteiger partial charge in [-0.2, -0.15) is 0 Å². The quantitative estimate of drug-likeness (QED) is 0.524. The fourth-order valence-corrected chi connectivity index (χ4v) is 4.61. The monoisotopic (exact) mass is 459 g/mol. The largest absolute Gasteiger partial charge is 0.488 e. The van der Waals surface area contributed by atoms with E-state index in [-0.39, 0.29) is 18.2 Å². The lowest BCUT2D eigenvalue weighted by Crippen LogP contribution is -2.30. The number of ether oxygens (including phenoxy) is 3. The summed E-state index contributed by atoms with van der Waals surface area (Å²) in [4.78, 5) is 18.4. The summed E-state index contributed by atoms with van der Waals surface area (Å²) in [6.45, 7) is 9.52. The lowest BCUT2D eigenvalue weighted by molar-refractivity contribution is -0.149. The van der Waals surface area contributed by atoms with Crippen LogP contribution in [0.3, 0.4) is 0 Å². The molecule has 5 rings (SSSR count). The molecule has 34 heavy (non-hydrogen) atoms. The van der Waals surface area contributed by atoms with Crippen molar-refractivity contribution in [2.24, 2.45) is 0 Å². The zero-order valence-electron chi connectivity index (χ0n) is 19.9. The summed E-state index contributed by atoms with van der Waals surface area (Å²) in [5.74, 6) is 2.13. The molecular formula is C27H29N3O4. The Balaban J connectivity index is 1.35. The molecule has 0 spiro atoms. The third kappa shape index (κ3) is 4.14. The number of carbonyl (C=O) groups is 1. The van der Waals surface area contributed by atoms with Crippen LogP contribution in [0.15, 0.2) is 48.5 Å². The van der Waals surface area contributed by atoms with Crippen molar-refractivity contribution in [2.45, 2.75) is 46.4 Å². The molecule has 7 heteroatoms. The summed E-state index contributed by atoms with van der Waals surface area (Å²) < 4.78 is 17.2. The summed E-state index contributed by atoms with van der Waals surface area (Å²) in [5, 5.41) is 3.51. The van der Waals surface area contributed by atoms with E-state index in [2.05, 4.69) is 35.3 Å². The van der Waals surface area contributed by atoms with E-state index in [0.717, 1.165) is 46.5 Å². The zero-order chi connectivity index (χ0) is 23.8. The highest BCUT2D eigenvalue weighted by atomic mass is 16.6.